The summed E-state index contributed by atoms with van der Waals surface area (Å²) < 4.78 is 3.99. The Bertz CT molecular complexity index is 81.4. The van der Waals surface area contributed by atoms with Crippen LogP contribution in [0.4, 0.5) is 4.79 Å². The second-order valence-electron chi connectivity index (χ2n) is 0.866. The molecule has 0 aromatic rings. The minimum atomic E-state index is -1.26. The van der Waals surface area contributed by atoms with E-state index in [1.54, 1.807) is 0 Å². The molecule has 0 aliphatic carbocycles. The Morgan fingerprint density at radius 2 is 2.38 bits per heavy atom. The minimum absolute atomic E-state index is 0. The molecule has 0 aliphatic heterocycles. The van der Waals surface area contributed by atoms with Gasteiger partial charge in [0, 0.05) is 0 Å². The molecule has 0 fully saturated rings. The van der Waals surface area contributed by atoms with Gasteiger partial charge in [0.05, 0.1) is 0 Å². The molecule has 3 nitrogen and oxygen atoms in total. The van der Waals surface area contributed by atoms with Crippen molar-refractivity contribution < 1.29 is 14.6 Å². The van der Waals surface area contributed by atoms with E-state index in [9.17, 15) is 4.79 Å². The highest BCUT2D eigenvalue weighted by molar-refractivity contribution is 6.92. The Morgan fingerprint density at radius 1 is 1.88 bits per heavy atom. The van der Waals surface area contributed by atoms with Crippen LogP contribution in [0.5, 0.6) is 0 Å². The summed E-state index contributed by atoms with van der Waals surface area (Å²) in [6, 6.07) is 0. The average Bonchev–Trinajstić information content (AvgIpc) is 1.61. The molecule has 0 radical (unpaired) electrons. The molecule has 1 N–H and O–H groups in total. The fraction of sp³-hybridized carbons (Fsp3) is 0.250. The van der Waals surface area contributed by atoms with Crippen LogP contribution in [0.2, 0.25) is 0 Å². The van der Waals surface area contributed by atoms with Gasteiger partial charge in [-0.3, -0.25) is 0 Å². The highest BCUT2D eigenvalue weighted by Gasteiger charge is 1.87. The first-order valence-corrected chi connectivity index (χ1v) is 1.74. The summed E-state index contributed by atoms with van der Waals surface area (Å²) in [5, 5.41) is 7.77. The van der Waals surface area contributed by atoms with Crippen LogP contribution in [0.1, 0.15) is 0 Å². The first kappa shape index (κ1) is 10.4. The summed E-state index contributed by atoms with van der Waals surface area (Å²) >= 11 is 0. The zero-order valence-corrected chi connectivity index (χ0v) is 5.88. The molecular weight excluding hydrogens is 127 g/mol. The van der Waals surface area contributed by atoms with Crippen LogP contribution in [0.15, 0.2) is 12.7 Å². The number of hydrogen-bond donors (Lipinski definition) is 1. The average molecular weight is 136 g/mol. The van der Waals surface area contributed by atoms with E-state index in [-0.39, 0.29) is 16.5 Å². The maximum Gasteiger partial charge on any atom is 0.506 e. The monoisotopic (exact) mass is 136 g/mol. The number of carboxylic acid groups (broad SMARTS) is 1. The van der Waals surface area contributed by atoms with Crippen LogP contribution in [0.3, 0.4) is 0 Å². The van der Waals surface area contributed by atoms with Crippen molar-refractivity contribution in [2.45, 2.75) is 0 Å². The van der Waals surface area contributed by atoms with E-state index in [1.807, 2.05) is 0 Å². The third-order valence-corrected chi connectivity index (χ3v) is 0.325. The standard InChI is InChI=1S/C4H6O3.H3P/c1-2-3-7-4(5)6;/h2H,1,3H2,(H,5,6);1H3. The van der Waals surface area contributed by atoms with E-state index >= 15 is 0 Å². The number of rotatable bonds is 2. The van der Waals surface area contributed by atoms with Crippen LogP contribution in [0, 0.1) is 0 Å². The molecule has 0 rings (SSSR count). The van der Waals surface area contributed by atoms with Gasteiger partial charge in [-0.15, -0.1) is 0 Å². The van der Waals surface area contributed by atoms with Crippen molar-refractivity contribution in [1.29, 1.82) is 0 Å². The summed E-state index contributed by atoms with van der Waals surface area (Å²) in [5.74, 6) is 0. The van der Waals surface area contributed by atoms with Gasteiger partial charge in [0.1, 0.15) is 6.61 Å². The minimum Gasteiger partial charge on any atom is -0.450 e. The van der Waals surface area contributed by atoms with Gasteiger partial charge in [-0.2, -0.15) is 9.90 Å². The van der Waals surface area contributed by atoms with Gasteiger partial charge in [-0.25, -0.2) is 4.79 Å². The molecule has 0 aromatic heterocycles. The van der Waals surface area contributed by atoms with Crippen molar-refractivity contribution >= 4 is 16.1 Å². The second-order valence-corrected chi connectivity index (χ2v) is 0.866. The molecule has 48 valence electrons. The zero-order valence-electron chi connectivity index (χ0n) is 4.46. The van der Waals surface area contributed by atoms with Crippen LogP contribution < -0.4 is 0 Å². The van der Waals surface area contributed by atoms with E-state index in [4.69, 9.17) is 5.11 Å². The van der Waals surface area contributed by atoms with Crippen LogP contribution in [0.25, 0.3) is 0 Å². The summed E-state index contributed by atoms with van der Waals surface area (Å²) in [5.41, 5.74) is 0. The molecule has 0 aliphatic rings. The lowest BCUT2D eigenvalue weighted by Crippen LogP contribution is -1.98. The Labute approximate surface area is 51.0 Å². The quantitative estimate of drug-likeness (QED) is 0.349. The lowest BCUT2D eigenvalue weighted by molar-refractivity contribution is 0.102. The molecule has 0 heterocycles. The molecule has 0 bridgehead atoms. The van der Waals surface area contributed by atoms with Crippen LogP contribution >= 0.6 is 9.90 Å². The van der Waals surface area contributed by atoms with Crippen molar-refractivity contribution in [3.05, 3.63) is 12.7 Å². The lowest BCUT2D eigenvalue weighted by atomic mass is 10.7. The Kier molecular flexibility index (Phi) is 8.39. The van der Waals surface area contributed by atoms with Gasteiger partial charge in [-0.1, -0.05) is 12.7 Å². The fourth-order valence-electron chi connectivity index (χ4n) is 0.130. The first-order valence-electron chi connectivity index (χ1n) is 1.74. The maximum absolute atomic E-state index is 9.49. The van der Waals surface area contributed by atoms with Crippen molar-refractivity contribution in [1.82, 2.24) is 0 Å². The van der Waals surface area contributed by atoms with Crippen molar-refractivity contribution in [2.24, 2.45) is 0 Å². The molecule has 1 unspecified atom stereocenters. The summed E-state index contributed by atoms with van der Waals surface area (Å²) in [6.07, 6.45) is 0.105. The maximum atomic E-state index is 9.49. The largest absolute Gasteiger partial charge is 0.506 e. The van der Waals surface area contributed by atoms with Gasteiger partial charge in [0.15, 0.2) is 0 Å². The third kappa shape index (κ3) is 9.06. The van der Waals surface area contributed by atoms with E-state index in [0.29, 0.717) is 0 Å². The first-order chi connectivity index (χ1) is 3.27. The smallest absolute Gasteiger partial charge is 0.450 e. The highest BCUT2D eigenvalue weighted by Crippen LogP contribution is 1.73. The van der Waals surface area contributed by atoms with Crippen molar-refractivity contribution in [2.75, 3.05) is 6.61 Å². The predicted molar refractivity (Wildman–Crippen MR) is 35.3 cm³/mol. The van der Waals surface area contributed by atoms with Gasteiger partial charge in [0.25, 0.3) is 0 Å². The van der Waals surface area contributed by atoms with E-state index in [2.05, 4.69) is 11.3 Å². The molecule has 0 amide bonds. The fourth-order valence-corrected chi connectivity index (χ4v) is 0.130. The molecule has 0 saturated carbocycles. The van der Waals surface area contributed by atoms with E-state index in [1.165, 1.54) is 6.08 Å². The topological polar surface area (TPSA) is 46.5 Å². The zero-order chi connectivity index (χ0) is 5.70. The molecule has 0 saturated heterocycles. The molecular formula is C4H9O3P. The van der Waals surface area contributed by atoms with Gasteiger partial charge >= 0.3 is 6.16 Å². The second kappa shape index (κ2) is 6.44. The Hall–Kier alpha value is -0.560. The van der Waals surface area contributed by atoms with Gasteiger partial charge < -0.3 is 9.84 Å². The Balaban J connectivity index is 0. The van der Waals surface area contributed by atoms with E-state index < -0.39 is 6.16 Å². The molecule has 0 spiro atoms. The molecule has 0 aromatic carbocycles. The van der Waals surface area contributed by atoms with Gasteiger partial charge in [0.2, 0.25) is 0 Å². The summed E-state index contributed by atoms with van der Waals surface area (Å²) in [6.45, 7) is 3.31. The molecule has 8 heavy (non-hydrogen) atoms. The van der Waals surface area contributed by atoms with Crippen LogP contribution in [-0.4, -0.2) is 17.9 Å². The number of ether oxygens (including phenoxy) is 1. The third-order valence-electron chi connectivity index (χ3n) is 0.325. The Morgan fingerprint density at radius 3 is 2.50 bits per heavy atom. The summed E-state index contributed by atoms with van der Waals surface area (Å²) in [4.78, 5) is 9.49. The highest BCUT2D eigenvalue weighted by atomic mass is 31.0. The van der Waals surface area contributed by atoms with Crippen molar-refractivity contribution in [3.63, 3.8) is 0 Å². The van der Waals surface area contributed by atoms with E-state index in [0.717, 1.165) is 0 Å². The SMILES string of the molecule is C=CCOC(=O)O.P. The van der Waals surface area contributed by atoms with Crippen molar-refractivity contribution in [3.8, 4) is 0 Å². The molecule has 1 atom stereocenters. The summed E-state index contributed by atoms with van der Waals surface area (Å²) in [7, 11) is 0. The van der Waals surface area contributed by atoms with Gasteiger partial charge in [-0.05, 0) is 0 Å². The number of carbonyl (C=O) groups is 1. The van der Waals surface area contributed by atoms with Crippen LogP contribution in [-0.2, 0) is 4.74 Å². The number of hydrogen-bond acceptors (Lipinski definition) is 2. The molecule has 4 heteroatoms. The lowest BCUT2D eigenvalue weighted by Gasteiger charge is -1.88. The predicted octanol–water partition coefficient (Wildman–Crippen LogP) is 0.925. The normalized spacial score (nSPS) is 6.50.